The molecule has 0 fully saturated rings. The largest absolute Gasteiger partial charge is 0.477 e. The van der Waals surface area contributed by atoms with Crippen LogP contribution in [0.1, 0.15) is 58.6 Å². The lowest BCUT2D eigenvalue weighted by Crippen LogP contribution is -2.35. The Hall–Kier alpha value is -4.65. The van der Waals surface area contributed by atoms with Crippen LogP contribution >= 0.6 is 0 Å². The minimum Gasteiger partial charge on any atom is -0.477 e. The van der Waals surface area contributed by atoms with Crippen molar-refractivity contribution in [3.63, 3.8) is 0 Å². The van der Waals surface area contributed by atoms with Gasteiger partial charge in [-0.25, -0.2) is 9.78 Å². The smallest absolute Gasteiger partial charge is 0.459 e. The van der Waals surface area contributed by atoms with Gasteiger partial charge in [-0.1, -0.05) is 60.3 Å². The van der Waals surface area contributed by atoms with Crippen LogP contribution in [0.15, 0.2) is 48.5 Å². The standard InChI is InChI=1S/C27H26F5N7O6/c1-2-6-20-33-23(26(28,29)27(30,31)32)22(25(41)42)37(20)15-16-10-12-17(13-11-16)18-7-3-4-8-19(18)24-34-36-38(35-24)21(40)9-5-14-45-39(43)44/h3-4,7-8,10-13,43-44H,2,5-6,9,14-15H2,1H3,(H,41,42). The van der Waals surface area contributed by atoms with Gasteiger partial charge in [-0.3, -0.25) is 20.0 Å². The van der Waals surface area contributed by atoms with E-state index in [1.807, 2.05) is 0 Å². The maximum absolute atomic E-state index is 14.3. The molecule has 0 atom stereocenters. The quantitative estimate of drug-likeness (QED) is 0.102. The molecule has 0 aliphatic heterocycles. The molecule has 0 bridgehead atoms. The summed E-state index contributed by atoms with van der Waals surface area (Å²) < 4.78 is 68.9. The Bertz CT molecular complexity index is 1650. The Balaban J connectivity index is 1.60. The van der Waals surface area contributed by atoms with Crippen LogP contribution in [0, 0.1) is 0 Å². The number of aromatic carboxylic acids is 1. The van der Waals surface area contributed by atoms with Gasteiger partial charge >= 0.3 is 18.1 Å². The number of aromatic nitrogens is 6. The Morgan fingerprint density at radius 3 is 2.27 bits per heavy atom. The van der Waals surface area contributed by atoms with Gasteiger partial charge in [-0.15, -0.1) is 10.2 Å². The number of carboxylic acids is 1. The van der Waals surface area contributed by atoms with Crippen LogP contribution < -0.4 is 0 Å². The van der Waals surface area contributed by atoms with E-state index in [0.29, 0.717) is 28.7 Å². The fourth-order valence-electron chi connectivity index (χ4n) is 4.45. The fourth-order valence-corrected chi connectivity index (χ4v) is 4.45. The third kappa shape index (κ3) is 7.36. The van der Waals surface area contributed by atoms with Gasteiger partial charge in [-0.05, 0) is 34.7 Å². The second kappa shape index (κ2) is 13.6. The van der Waals surface area contributed by atoms with Crippen LogP contribution in [-0.2, 0) is 23.7 Å². The van der Waals surface area contributed by atoms with Gasteiger partial charge in [-0.2, -0.15) is 22.0 Å². The first-order chi connectivity index (χ1) is 21.2. The summed E-state index contributed by atoms with van der Waals surface area (Å²) in [5, 5.41) is 38.1. The van der Waals surface area contributed by atoms with E-state index < -0.39 is 40.8 Å². The van der Waals surface area contributed by atoms with Gasteiger partial charge < -0.3 is 9.67 Å². The Morgan fingerprint density at radius 1 is 1.00 bits per heavy atom. The number of alkyl halides is 5. The van der Waals surface area contributed by atoms with Crippen molar-refractivity contribution in [3.8, 4) is 22.5 Å². The molecule has 18 heteroatoms. The van der Waals surface area contributed by atoms with Crippen molar-refractivity contribution in [1.82, 2.24) is 35.1 Å². The Kier molecular flexibility index (Phi) is 10.0. The number of hydrogen-bond donors (Lipinski definition) is 3. The Morgan fingerprint density at radius 2 is 1.67 bits per heavy atom. The summed E-state index contributed by atoms with van der Waals surface area (Å²) in [6.45, 7) is 1.16. The molecule has 2 aromatic heterocycles. The SMILES string of the molecule is CCCc1nc(C(F)(F)C(F)(F)F)c(C(=O)O)n1Cc1ccc(-c2ccccc2-c2nnn(C(=O)CCCON(O)O)n2)cc1. The van der Waals surface area contributed by atoms with Crippen LogP contribution in [0.4, 0.5) is 22.0 Å². The van der Waals surface area contributed by atoms with Gasteiger partial charge in [0.2, 0.25) is 5.82 Å². The number of benzene rings is 2. The molecule has 4 rings (SSSR count). The molecule has 45 heavy (non-hydrogen) atoms. The number of carbonyl (C=O) groups is 2. The predicted octanol–water partition coefficient (Wildman–Crippen LogP) is 4.99. The van der Waals surface area contributed by atoms with Crippen LogP contribution in [0.5, 0.6) is 0 Å². The highest BCUT2D eigenvalue weighted by Gasteiger charge is 2.62. The lowest BCUT2D eigenvalue weighted by molar-refractivity contribution is -0.492. The van der Waals surface area contributed by atoms with E-state index in [-0.39, 0.29) is 44.1 Å². The number of carbonyl (C=O) groups excluding carboxylic acids is 1. The number of rotatable bonds is 13. The van der Waals surface area contributed by atoms with Crippen LogP contribution in [0.25, 0.3) is 22.5 Å². The van der Waals surface area contributed by atoms with Crippen molar-refractivity contribution < 1.29 is 51.9 Å². The minimum atomic E-state index is -6.04. The summed E-state index contributed by atoms with van der Waals surface area (Å²) in [5.41, 5.74) is -0.964. The predicted molar refractivity (Wildman–Crippen MR) is 142 cm³/mol. The molecule has 0 spiro atoms. The van der Waals surface area contributed by atoms with Crippen molar-refractivity contribution in [2.75, 3.05) is 6.61 Å². The first-order valence-corrected chi connectivity index (χ1v) is 13.3. The van der Waals surface area contributed by atoms with E-state index in [2.05, 4.69) is 25.2 Å². The molecule has 2 aromatic carbocycles. The minimum absolute atomic E-state index is 0.0342. The van der Waals surface area contributed by atoms with Crippen molar-refractivity contribution in [2.45, 2.75) is 51.3 Å². The molecule has 13 nitrogen and oxygen atoms in total. The number of halogens is 5. The highest BCUT2D eigenvalue weighted by atomic mass is 19.4. The first-order valence-electron chi connectivity index (χ1n) is 13.3. The average Bonchev–Trinajstić information content (AvgIpc) is 3.61. The van der Waals surface area contributed by atoms with Gasteiger partial charge in [0.15, 0.2) is 11.4 Å². The molecule has 4 aromatic rings. The zero-order chi connectivity index (χ0) is 32.9. The third-order valence-electron chi connectivity index (χ3n) is 6.53. The molecular formula is C27H26F5N7O6. The summed E-state index contributed by atoms with van der Waals surface area (Å²) in [6.07, 6.45) is -5.71. The first kappa shape index (κ1) is 33.2. The summed E-state index contributed by atoms with van der Waals surface area (Å²) in [7, 11) is 0. The molecule has 2 heterocycles. The summed E-state index contributed by atoms with van der Waals surface area (Å²) in [6, 6.07) is 13.3. The van der Waals surface area contributed by atoms with Gasteiger partial charge in [0.1, 0.15) is 5.82 Å². The van der Waals surface area contributed by atoms with Crippen molar-refractivity contribution in [2.24, 2.45) is 0 Å². The van der Waals surface area contributed by atoms with Crippen LogP contribution in [0.2, 0.25) is 0 Å². The van der Waals surface area contributed by atoms with E-state index in [0.717, 1.165) is 9.36 Å². The molecule has 240 valence electrons. The van der Waals surface area contributed by atoms with E-state index in [1.165, 1.54) is 0 Å². The average molecular weight is 640 g/mol. The number of imidazole rings is 1. The van der Waals surface area contributed by atoms with E-state index >= 15 is 0 Å². The maximum atomic E-state index is 14.3. The molecule has 0 unspecified atom stereocenters. The molecule has 0 saturated heterocycles. The molecule has 0 radical (unpaired) electrons. The Labute approximate surface area is 251 Å². The number of tetrazole rings is 1. The number of hydrogen-bond acceptors (Lipinski definition) is 10. The normalized spacial score (nSPS) is 12.2. The van der Waals surface area contributed by atoms with Crippen LogP contribution in [-0.4, -0.2) is 75.3 Å². The van der Waals surface area contributed by atoms with E-state index in [9.17, 15) is 36.6 Å². The van der Waals surface area contributed by atoms with Crippen molar-refractivity contribution in [3.05, 3.63) is 71.3 Å². The summed E-state index contributed by atoms with van der Waals surface area (Å²) >= 11 is 0. The monoisotopic (exact) mass is 639 g/mol. The highest BCUT2D eigenvalue weighted by Crippen LogP contribution is 2.45. The second-order valence-corrected chi connectivity index (χ2v) is 9.67. The van der Waals surface area contributed by atoms with Gasteiger partial charge in [0.05, 0.1) is 12.0 Å². The third-order valence-corrected chi connectivity index (χ3v) is 6.53. The maximum Gasteiger partial charge on any atom is 0.459 e. The molecule has 0 amide bonds. The van der Waals surface area contributed by atoms with Crippen LogP contribution in [0.3, 0.4) is 0 Å². The fraction of sp³-hybridized carbons (Fsp3) is 0.333. The van der Waals surface area contributed by atoms with E-state index in [1.54, 1.807) is 55.5 Å². The number of aryl methyl sites for hydroxylation is 1. The molecular weight excluding hydrogens is 613 g/mol. The topological polar surface area (TPSA) is 169 Å². The molecule has 0 aliphatic rings. The van der Waals surface area contributed by atoms with Crippen molar-refractivity contribution in [1.29, 1.82) is 0 Å². The second-order valence-electron chi connectivity index (χ2n) is 9.67. The molecule has 3 N–H and O–H groups in total. The lowest BCUT2D eigenvalue weighted by atomic mass is 9.98. The zero-order valence-electron chi connectivity index (χ0n) is 23.4. The summed E-state index contributed by atoms with van der Waals surface area (Å²) in [5.74, 6) is -8.08. The summed E-state index contributed by atoms with van der Waals surface area (Å²) in [4.78, 5) is 33.0. The van der Waals surface area contributed by atoms with Crippen molar-refractivity contribution >= 4 is 11.9 Å². The number of carboxylic acid groups (broad SMARTS) is 1. The zero-order valence-corrected chi connectivity index (χ0v) is 23.4. The lowest BCUT2D eigenvalue weighted by Gasteiger charge is -2.18. The molecule has 0 saturated carbocycles. The highest BCUT2D eigenvalue weighted by molar-refractivity contribution is 5.88. The molecule has 0 aliphatic carbocycles. The van der Waals surface area contributed by atoms with Gasteiger partial charge in [0.25, 0.3) is 5.91 Å². The van der Waals surface area contributed by atoms with E-state index in [4.69, 9.17) is 10.4 Å². The van der Waals surface area contributed by atoms with Gasteiger partial charge in [0, 0.05) is 24.9 Å². The number of nitrogens with zero attached hydrogens (tertiary/aromatic N) is 7.